The highest BCUT2D eigenvalue weighted by Gasteiger charge is 2.39. The largest absolute Gasteiger partial charge is 0.480 e. The molecule has 2 N–H and O–H groups in total. The van der Waals surface area contributed by atoms with Crippen molar-refractivity contribution in [2.45, 2.75) is 43.1 Å². The van der Waals surface area contributed by atoms with Crippen LogP contribution in [0.15, 0.2) is 0 Å². The number of carboxylic acids is 1. The predicted octanol–water partition coefficient (Wildman–Crippen LogP) is 1.16. The maximum absolute atomic E-state index is 12.2. The molecule has 3 unspecified atom stereocenters. The predicted molar refractivity (Wildman–Crippen MR) is 77.0 cm³/mol. The first kappa shape index (κ1) is 15.4. The van der Waals surface area contributed by atoms with Crippen LogP contribution in [0.4, 0.5) is 4.79 Å². The minimum atomic E-state index is -0.966. The maximum atomic E-state index is 12.2. The average molecular weight is 302 g/mol. The van der Waals surface area contributed by atoms with Crippen molar-refractivity contribution in [1.82, 2.24) is 10.2 Å². The third kappa shape index (κ3) is 3.79. The number of nitrogens with one attached hydrogen (secondary N) is 1. The summed E-state index contributed by atoms with van der Waals surface area (Å²) in [7, 11) is 1.55. The summed E-state index contributed by atoms with van der Waals surface area (Å²) in [4.78, 5) is 24.7. The van der Waals surface area contributed by atoms with E-state index in [2.05, 4.69) is 5.32 Å². The van der Waals surface area contributed by atoms with E-state index < -0.39 is 12.0 Å². The highest BCUT2D eigenvalue weighted by molar-refractivity contribution is 7.99. The minimum absolute atomic E-state index is 0.189. The summed E-state index contributed by atoms with van der Waals surface area (Å²) in [6, 6.07) is -1.07. The van der Waals surface area contributed by atoms with Crippen LogP contribution in [0, 0.1) is 0 Å². The molecular formula is C13H22N2O4S. The molecule has 0 aliphatic carbocycles. The number of aliphatic carboxylic acids is 1. The fraction of sp³-hybridized carbons (Fsp3) is 0.846. The number of amides is 2. The maximum Gasteiger partial charge on any atom is 0.326 e. The number of methoxy groups -OCH3 is 1. The van der Waals surface area contributed by atoms with Gasteiger partial charge in [0.2, 0.25) is 0 Å². The summed E-state index contributed by atoms with van der Waals surface area (Å²) in [6.45, 7) is 0.959. The Balaban J connectivity index is 1.85. The summed E-state index contributed by atoms with van der Waals surface area (Å²) < 4.78 is 5.18. The van der Waals surface area contributed by atoms with Crippen LogP contribution in [0.25, 0.3) is 0 Å². The molecule has 2 saturated heterocycles. The van der Waals surface area contributed by atoms with Crippen LogP contribution in [0.3, 0.4) is 0 Å². The Morgan fingerprint density at radius 3 is 2.85 bits per heavy atom. The Morgan fingerprint density at radius 2 is 2.25 bits per heavy atom. The van der Waals surface area contributed by atoms with Crippen LogP contribution >= 0.6 is 11.8 Å². The van der Waals surface area contributed by atoms with Gasteiger partial charge in [0.05, 0.1) is 6.10 Å². The SMILES string of the molecule is COC1CC(C(=O)O)N(C(=O)NCC2CCCCS2)C1. The second kappa shape index (κ2) is 7.17. The van der Waals surface area contributed by atoms with Gasteiger partial charge in [-0.3, -0.25) is 0 Å². The van der Waals surface area contributed by atoms with Gasteiger partial charge in [0.1, 0.15) is 6.04 Å². The number of ether oxygens (including phenoxy) is 1. The van der Waals surface area contributed by atoms with Crippen LogP contribution in [0.1, 0.15) is 25.7 Å². The summed E-state index contributed by atoms with van der Waals surface area (Å²) >= 11 is 1.89. The van der Waals surface area contributed by atoms with Gasteiger partial charge < -0.3 is 20.1 Å². The van der Waals surface area contributed by atoms with Crippen LogP contribution in [0.2, 0.25) is 0 Å². The molecule has 0 aromatic rings. The van der Waals surface area contributed by atoms with Gasteiger partial charge in [-0.25, -0.2) is 9.59 Å². The lowest BCUT2D eigenvalue weighted by Gasteiger charge is -2.25. The van der Waals surface area contributed by atoms with E-state index in [-0.39, 0.29) is 12.1 Å². The number of likely N-dealkylation sites (tertiary alicyclic amines) is 1. The fourth-order valence-corrected chi connectivity index (χ4v) is 3.94. The van der Waals surface area contributed by atoms with E-state index in [1.54, 1.807) is 7.11 Å². The second-order valence-electron chi connectivity index (χ2n) is 5.27. The molecule has 2 aliphatic heterocycles. The minimum Gasteiger partial charge on any atom is -0.480 e. The second-order valence-corrected chi connectivity index (χ2v) is 6.68. The molecule has 0 bridgehead atoms. The number of carbonyl (C=O) groups is 2. The van der Waals surface area contributed by atoms with Crippen molar-refractivity contribution >= 4 is 23.8 Å². The smallest absolute Gasteiger partial charge is 0.326 e. The van der Waals surface area contributed by atoms with Gasteiger partial charge in [0, 0.05) is 31.9 Å². The Labute approximate surface area is 123 Å². The standard InChI is InChI=1S/C13H22N2O4S/c1-19-9-6-11(12(16)17)15(8-9)13(18)14-7-10-4-2-3-5-20-10/h9-11H,2-8H2,1H3,(H,14,18)(H,16,17). The molecule has 0 radical (unpaired) electrons. The van der Waals surface area contributed by atoms with E-state index in [0.717, 1.165) is 12.2 Å². The first-order valence-electron chi connectivity index (χ1n) is 7.03. The molecule has 0 saturated carbocycles. The molecule has 0 aromatic heterocycles. The van der Waals surface area contributed by atoms with Crippen LogP contribution in [0.5, 0.6) is 0 Å². The Bertz CT molecular complexity index is 360. The first-order chi connectivity index (χ1) is 9.61. The molecule has 2 rings (SSSR count). The third-order valence-corrected chi connectivity index (χ3v) is 5.30. The first-order valence-corrected chi connectivity index (χ1v) is 8.08. The van der Waals surface area contributed by atoms with Gasteiger partial charge in [-0.1, -0.05) is 6.42 Å². The fourth-order valence-electron chi connectivity index (χ4n) is 2.70. The van der Waals surface area contributed by atoms with Crippen LogP contribution in [-0.2, 0) is 9.53 Å². The lowest BCUT2D eigenvalue weighted by molar-refractivity contribution is -0.141. The molecule has 7 heteroatoms. The van der Waals surface area contributed by atoms with Gasteiger partial charge in [0.15, 0.2) is 0 Å². The Kier molecular flexibility index (Phi) is 5.54. The van der Waals surface area contributed by atoms with Crippen molar-refractivity contribution in [2.75, 3.05) is 26.0 Å². The van der Waals surface area contributed by atoms with Gasteiger partial charge >= 0.3 is 12.0 Å². The Morgan fingerprint density at radius 1 is 1.45 bits per heavy atom. The molecule has 2 aliphatic rings. The summed E-state index contributed by atoms with van der Waals surface area (Å²) in [5.74, 6) is 0.181. The Hall–Kier alpha value is -0.950. The van der Waals surface area contributed by atoms with Crippen molar-refractivity contribution in [3.63, 3.8) is 0 Å². The molecule has 114 valence electrons. The van der Waals surface area contributed by atoms with Crippen molar-refractivity contribution in [3.05, 3.63) is 0 Å². The molecule has 0 spiro atoms. The average Bonchev–Trinajstić information content (AvgIpc) is 2.90. The van der Waals surface area contributed by atoms with Crippen molar-refractivity contribution in [1.29, 1.82) is 0 Å². The quantitative estimate of drug-likeness (QED) is 0.814. The summed E-state index contributed by atoms with van der Waals surface area (Å²) in [5.41, 5.74) is 0. The van der Waals surface area contributed by atoms with Gasteiger partial charge in [-0.2, -0.15) is 11.8 Å². The zero-order valence-corrected chi connectivity index (χ0v) is 12.5. The third-order valence-electron chi connectivity index (χ3n) is 3.90. The number of urea groups is 1. The highest BCUT2D eigenvalue weighted by Crippen LogP contribution is 2.25. The van der Waals surface area contributed by atoms with Gasteiger partial charge in [-0.15, -0.1) is 0 Å². The number of nitrogens with zero attached hydrogens (tertiary/aromatic N) is 1. The van der Waals surface area contributed by atoms with Crippen molar-refractivity contribution in [2.24, 2.45) is 0 Å². The lowest BCUT2D eigenvalue weighted by Crippen LogP contribution is -2.47. The topological polar surface area (TPSA) is 78.9 Å². The number of hydrogen-bond acceptors (Lipinski definition) is 4. The van der Waals surface area contributed by atoms with E-state index >= 15 is 0 Å². The van der Waals surface area contributed by atoms with Crippen LogP contribution in [-0.4, -0.2) is 65.4 Å². The molecule has 6 nitrogen and oxygen atoms in total. The summed E-state index contributed by atoms with van der Waals surface area (Å²) in [6.07, 6.45) is 3.75. The molecular weight excluding hydrogens is 280 g/mol. The molecule has 2 amide bonds. The molecule has 20 heavy (non-hydrogen) atoms. The van der Waals surface area contributed by atoms with E-state index in [0.29, 0.717) is 24.8 Å². The van der Waals surface area contributed by atoms with Gasteiger partial charge in [0.25, 0.3) is 0 Å². The zero-order chi connectivity index (χ0) is 14.5. The van der Waals surface area contributed by atoms with Gasteiger partial charge in [-0.05, 0) is 18.6 Å². The van der Waals surface area contributed by atoms with E-state index in [1.165, 1.54) is 17.7 Å². The normalized spacial score (nSPS) is 30.2. The monoisotopic (exact) mass is 302 g/mol. The van der Waals surface area contributed by atoms with Crippen LogP contribution < -0.4 is 5.32 Å². The van der Waals surface area contributed by atoms with E-state index in [9.17, 15) is 14.7 Å². The highest BCUT2D eigenvalue weighted by atomic mass is 32.2. The number of carboxylic acid groups (broad SMARTS) is 1. The van der Waals surface area contributed by atoms with E-state index in [4.69, 9.17) is 4.74 Å². The zero-order valence-electron chi connectivity index (χ0n) is 11.7. The molecule has 2 fully saturated rings. The number of carbonyl (C=O) groups excluding carboxylic acids is 1. The van der Waals surface area contributed by atoms with Crippen molar-refractivity contribution < 1.29 is 19.4 Å². The molecule has 2 heterocycles. The number of thioether (sulfide) groups is 1. The summed E-state index contributed by atoms with van der Waals surface area (Å²) in [5, 5.41) is 12.5. The van der Waals surface area contributed by atoms with E-state index in [1.807, 2.05) is 11.8 Å². The number of rotatable bonds is 4. The molecule has 3 atom stereocenters. The molecule has 0 aromatic carbocycles. The van der Waals surface area contributed by atoms with Crippen molar-refractivity contribution in [3.8, 4) is 0 Å². The number of hydrogen-bond donors (Lipinski definition) is 2. The lowest BCUT2D eigenvalue weighted by atomic mass is 10.2.